The van der Waals surface area contributed by atoms with Crippen molar-refractivity contribution in [1.82, 2.24) is 19.5 Å². The van der Waals surface area contributed by atoms with Gasteiger partial charge in [0.1, 0.15) is 11.7 Å². The van der Waals surface area contributed by atoms with Crippen LogP contribution in [0, 0.1) is 12.8 Å². The molecule has 0 N–H and O–H groups in total. The predicted octanol–water partition coefficient (Wildman–Crippen LogP) is 3.37. The first-order valence-corrected chi connectivity index (χ1v) is 9.08. The molecule has 1 aliphatic heterocycles. The van der Waals surface area contributed by atoms with Crippen molar-refractivity contribution in [3.8, 4) is 0 Å². The maximum absolute atomic E-state index is 12.8. The van der Waals surface area contributed by atoms with Gasteiger partial charge in [0.25, 0.3) is 0 Å². The van der Waals surface area contributed by atoms with E-state index in [0.29, 0.717) is 13.2 Å². The fourth-order valence-corrected chi connectivity index (χ4v) is 3.23. The molecule has 0 radical (unpaired) electrons. The number of hydrogen-bond acceptors (Lipinski definition) is 5. The highest BCUT2D eigenvalue weighted by Gasteiger charge is 2.37. The molecule has 0 saturated carbocycles. The Kier molecular flexibility index (Phi) is 4.92. The minimum Gasteiger partial charge on any atom is -0.444 e. The molecule has 142 valence electrons. The minimum atomic E-state index is -0.533. The van der Waals surface area contributed by atoms with E-state index < -0.39 is 5.60 Å². The van der Waals surface area contributed by atoms with Gasteiger partial charge in [-0.15, -0.1) is 0 Å². The molecular formula is C19H28N4O3. The van der Waals surface area contributed by atoms with Crippen LogP contribution in [0.4, 0.5) is 4.79 Å². The smallest absolute Gasteiger partial charge is 0.410 e. The van der Waals surface area contributed by atoms with Crippen molar-refractivity contribution >= 4 is 11.7 Å². The summed E-state index contributed by atoms with van der Waals surface area (Å²) in [5.41, 5.74) is 2.03. The lowest BCUT2D eigenvalue weighted by Crippen LogP contribution is -2.53. The topological polar surface area (TPSA) is 69.0 Å². The molecule has 3 heterocycles. The van der Waals surface area contributed by atoms with Gasteiger partial charge in [-0.3, -0.25) is 4.90 Å². The SMILES string of the molecule is Cc1cc([C@H]2CN(C(=O)OC(C)(C)C)C(C(C)C)CO2)n2nccc2n1. The Labute approximate surface area is 154 Å². The number of fused-ring (bicyclic) bond motifs is 1. The van der Waals surface area contributed by atoms with E-state index in [1.807, 2.05) is 39.8 Å². The molecule has 2 atom stereocenters. The van der Waals surface area contributed by atoms with Gasteiger partial charge in [-0.1, -0.05) is 13.8 Å². The summed E-state index contributed by atoms with van der Waals surface area (Å²) >= 11 is 0. The Balaban J connectivity index is 1.91. The van der Waals surface area contributed by atoms with Crippen molar-refractivity contribution in [3.63, 3.8) is 0 Å². The molecule has 1 fully saturated rings. The van der Waals surface area contributed by atoms with E-state index in [1.165, 1.54) is 0 Å². The summed E-state index contributed by atoms with van der Waals surface area (Å²) in [6.45, 7) is 12.7. The van der Waals surface area contributed by atoms with Crippen molar-refractivity contribution in [2.45, 2.75) is 59.3 Å². The number of aromatic nitrogens is 3. The quantitative estimate of drug-likeness (QED) is 0.821. The van der Waals surface area contributed by atoms with Gasteiger partial charge in [0.15, 0.2) is 5.65 Å². The van der Waals surface area contributed by atoms with Gasteiger partial charge in [0, 0.05) is 11.8 Å². The number of carbonyl (C=O) groups excluding carboxylic acids is 1. The molecule has 2 aromatic heterocycles. The Morgan fingerprint density at radius 1 is 1.38 bits per heavy atom. The molecule has 26 heavy (non-hydrogen) atoms. The molecule has 0 spiro atoms. The average Bonchev–Trinajstić information content (AvgIpc) is 2.99. The Morgan fingerprint density at radius 2 is 2.12 bits per heavy atom. The van der Waals surface area contributed by atoms with Crippen LogP contribution in [-0.2, 0) is 9.47 Å². The molecule has 1 aliphatic rings. The molecule has 7 heteroatoms. The van der Waals surface area contributed by atoms with Crippen molar-refractivity contribution in [2.24, 2.45) is 5.92 Å². The lowest BCUT2D eigenvalue weighted by atomic mass is 10.0. The third-order valence-electron chi connectivity index (χ3n) is 4.47. The first-order valence-electron chi connectivity index (χ1n) is 9.08. The first-order chi connectivity index (χ1) is 12.2. The van der Waals surface area contributed by atoms with Crippen LogP contribution < -0.4 is 0 Å². The zero-order valence-electron chi connectivity index (χ0n) is 16.4. The Morgan fingerprint density at radius 3 is 2.77 bits per heavy atom. The number of morpholine rings is 1. The summed E-state index contributed by atoms with van der Waals surface area (Å²) in [6.07, 6.45) is 1.14. The van der Waals surface area contributed by atoms with Crippen LogP contribution in [0.3, 0.4) is 0 Å². The molecule has 1 saturated heterocycles. The lowest BCUT2D eigenvalue weighted by Gasteiger charge is -2.41. The van der Waals surface area contributed by atoms with Crippen molar-refractivity contribution in [3.05, 3.63) is 29.7 Å². The monoisotopic (exact) mass is 360 g/mol. The van der Waals surface area contributed by atoms with E-state index in [1.54, 1.807) is 15.6 Å². The van der Waals surface area contributed by atoms with Gasteiger partial charge in [-0.25, -0.2) is 14.3 Å². The van der Waals surface area contributed by atoms with Crippen molar-refractivity contribution < 1.29 is 14.3 Å². The highest BCUT2D eigenvalue weighted by atomic mass is 16.6. The maximum atomic E-state index is 12.8. The zero-order valence-corrected chi connectivity index (χ0v) is 16.4. The molecular weight excluding hydrogens is 332 g/mol. The molecule has 1 unspecified atom stereocenters. The summed E-state index contributed by atoms with van der Waals surface area (Å²) < 4.78 is 13.6. The Bertz CT molecular complexity index is 794. The molecule has 7 nitrogen and oxygen atoms in total. The van der Waals surface area contributed by atoms with Crippen LogP contribution in [0.5, 0.6) is 0 Å². The van der Waals surface area contributed by atoms with E-state index in [4.69, 9.17) is 9.47 Å². The van der Waals surface area contributed by atoms with E-state index in [-0.39, 0.29) is 24.2 Å². The summed E-state index contributed by atoms with van der Waals surface area (Å²) in [6, 6.07) is 3.81. The number of rotatable bonds is 2. The van der Waals surface area contributed by atoms with Crippen LogP contribution in [0.2, 0.25) is 0 Å². The van der Waals surface area contributed by atoms with E-state index in [0.717, 1.165) is 17.0 Å². The number of carbonyl (C=O) groups is 1. The summed E-state index contributed by atoms with van der Waals surface area (Å²) in [7, 11) is 0. The van der Waals surface area contributed by atoms with E-state index in [9.17, 15) is 4.79 Å². The molecule has 0 bridgehead atoms. The highest BCUT2D eigenvalue weighted by molar-refractivity contribution is 5.69. The van der Waals surface area contributed by atoms with Crippen molar-refractivity contribution in [1.29, 1.82) is 0 Å². The summed E-state index contributed by atoms with van der Waals surface area (Å²) in [5.74, 6) is 0.271. The fourth-order valence-electron chi connectivity index (χ4n) is 3.23. The largest absolute Gasteiger partial charge is 0.444 e. The second-order valence-electron chi connectivity index (χ2n) is 8.19. The minimum absolute atomic E-state index is 0.0165. The van der Waals surface area contributed by atoms with Gasteiger partial charge in [-0.05, 0) is 39.7 Å². The van der Waals surface area contributed by atoms with Crippen LogP contribution in [0.1, 0.15) is 52.1 Å². The molecule has 0 aliphatic carbocycles. The van der Waals surface area contributed by atoms with Gasteiger partial charge >= 0.3 is 6.09 Å². The van der Waals surface area contributed by atoms with Crippen LogP contribution in [0.25, 0.3) is 5.65 Å². The number of ether oxygens (including phenoxy) is 2. The first kappa shape index (κ1) is 18.6. The van der Waals surface area contributed by atoms with Gasteiger partial charge in [0.2, 0.25) is 0 Å². The summed E-state index contributed by atoms with van der Waals surface area (Å²) in [4.78, 5) is 19.1. The third kappa shape index (κ3) is 3.82. The van der Waals surface area contributed by atoms with Crippen molar-refractivity contribution in [2.75, 3.05) is 13.2 Å². The fraction of sp³-hybridized carbons (Fsp3) is 0.632. The van der Waals surface area contributed by atoms with Gasteiger partial charge < -0.3 is 9.47 Å². The van der Waals surface area contributed by atoms with Crippen LogP contribution in [0.15, 0.2) is 18.3 Å². The highest BCUT2D eigenvalue weighted by Crippen LogP contribution is 2.29. The normalized spacial score (nSPS) is 21.4. The predicted molar refractivity (Wildman–Crippen MR) is 98.0 cm³/mol. The van der Waals surface area contributed by atoms with Crippen LogP contribution in [-0.4, -0.2) is 50.4 Å². The lowest BCUT2D eigenvalue weighted by molar-refractivity contribution is -0.0833. The second kappa shape index (κ2) is 6.87. The molecule has 1 amide bonds. The average molecular weight is 360 g/mol. The second-order valence-corrected chi connectivity index (χ2v) is 8.19. The Hall–Kier alpha value is -2.15. The zero-order chi connectivity index (χ0) is 19.1. The van der Waals surface area contributed by atoms with E-state index >= 15 is 0 Å². The molecule has 2 aromatic rings. The number of nitrogens with zero attached hydrogens (tertiary/aromatic N) is 4. The maximum Gasteiger partial charge on any atom is 0.410 e. The van der Waals surface area contributed by atoms with Crippen LogP contribution >= 0.6 is 0 Å². The summed E-state index contributed by atoms with van der Waals surface area (Å²) in [5, 5.41) is 4.36. The molecule has 0 aromatic carbocycles. The third-order valence-corrected chi connectivity index (χ3v) is 4.47. The van der Waals surface area contributed by atoms with E-state index in [2.05, 4.69) is 23.9 Å². The number of aryl methyl sites for hydroxylation is 1. The number of amides is 1. The number of hydrogen-bond donors (Lipinski definition) is 0. The van der Waals surface area contributed by atoms with Gasteiger partial charge in [-0.2, -0.15) is 5.10 Å². The van der Waals surface area contributed by atoms with Gasteiger partial charge in [0.05, 0.1) is 31.1 Å². The standard InChI is InChI=1S/C19H28N4O3/c1-12(2)15-11-25-16(10-22(15)18(24)26-19(4,5)6)14-9-13(3)21-17-7-8-20-23(14)17/h7-9,12,15-16H,10-11H2,1-6H3/t15?,16-/m1/s1. The molecule has 3 rings (SSSR count).